The van der Waals surface area contributed by atoms with E-state index in [4.69, 9.17) is 5.14 Å². The molecule has 2 rings (SSSR count). The summed E-state index contributed by atoms with van der Waals surface area (Å²) in [5.74, 6) is -0.577. The fourth-order valence-electron chi connectivity index (χ4n) is 1.11. The smallest absolute Gasteiger partial charge is 0.259 e. The largest absolute Gasteiger partial charge is 0.360 e. The van der Waals surface area contributed by atoms with Crippen molar-refractivity contribution in [3.8, 4) is 0 Å². The van der Waals surface area contributed by atoms with Crippen LogP contribution < -0.4 is 10.1 Å². The van der Waals surface area contributed by atoms with E-state index < -0.39 is 15.9 Å². The molecule has 2 N–H and O–H groups in total. The van der Waals surface area contributed by atoms with Crippen LogP contribution >= 0.6 is 33.9 Å². The maximum Gasteiger partial charge on any atom is 0.360 e. The van der Waals surface area contributed by atoms with Crippen LogP contribution in [0.25, 0.3) is 0 Å². The second kappa shape index (κ2) is 6.44. The Labute approximate surface area is 136 Å². The Morgan fingerprint density at radius 1 is 1.29 bits per heavy atom. The molecule has 0 bridgehead atoms. The van der Waals surface area contributed by atoms with Gasteiger partial charge in [-0.15, -0.1) is 10.2 Å². The van der Waals surface area contributed by atoms with Crippen LogP contribution in [0.3, 0.4) is 0 Å². The summed E-state index contributed by atoms with van der Waals surface area (Å²) in [7, 11) is -3.93. The normalized spacial score (nSPS) is 10.8. The molecule has 1 heterocycles. The molecule has 0 aliphatic rings. The van der Waals surface area contributed by atoms with E-state index in [0.717, 1.165) is 3.57 Å². The lowest BCUT2D eigenvalue weighted by Crippen LogP contribution is -2.11. The number of carbonyl (C=O) groups is 1. The minimum absolute atomic E-state index is 0.0711. The van der Waals surface area contributed by atoms with Crippen LogP contribution in [-0.2, 0) is 10.0 Å². The van der Waals surface area contributed by atoms with Crippen molar-refractivity contribution >= 4 is 55.0 Å². The van der Waals surface area contributed by atoms with E-state index in [1.165, 1.54) is 0 Å². The van der Waals surface area contributed by atoms with Crippen molar-refractivity contribution in [3.63, 3.8) is 0 Å². The number of hydrogen-bond donors (Lipinski definition) is 1. The highest BCUT2D eigenvalue weighted by Gasteiger charge is 2.17. The number of primary sulfonamides is 1. The number of hydrogen-bond acceptors (Lipinski definition) is 7. The molecule has 2 aromatic rings. The van der Waals surface area contributed by atoms with Gasteiger partial charge in [-0.05, 0) is 46.9 Å². The van der Waals surface area contributed by atoms with Gasteiger partial charge in [0.2, 0.25) is 14.4 Å². The van der Waals surface area contributed by atoms with Crippen molar-refractivity contribution < 1.29 is 13.2 Å². The second-order valence-electron chi connectivity index (χ2n) is 3.50. The van der Waals surface area contributed by atoms with E-state index in [2.05, 4.69) is 47.9 Å². The van der Waals surface area contributed by atoms with Crippen LogP contribution in [-0.4, -0.2) is 24.5 Å². The first-order chi connectivity index (χ1) is 9.86. The molecule has 0 saturated carbocycles. The predicted molar refractivity (Wildman–Crippen MR) is 81.4 cm³/mol. The molecular formula is C9H6IN6O3S2+. The van der Waals surface area contributed by atoms with Crippen LogP contribution in [0.15, 0.2) is 38.8 Å². The maximum absolute atomic E-state index is 11.6. The minimum Gasteiger partial charge on any atom is -0.259 e. The Balaban J connectivity index is 2.15. The molecule has 12 heteroatoms. The number of carbonyl (C=O) groups excluding carboxylic acids is 1. The molecule has 108 valence electrons. The quantitative estimate of drug-likeness (QED) is 0.437. The first-order valence-electron chi connectivity index (χ1n) is 5.14. The van der Waals surface area contributed by atoms with Gasteiger partial charge in [-0.25, -0.2) is 13.6 Å². The predicted octanol–water partition coefficient (Wildman–Crippen LogP) is 1.23. The molecule has 0 saturated heterocycles. The lowest BCUT2D eigenvalue weighted by atomic mass is 10.2. The van der Waals surface area contributed by atoms with Crippen molar-refractivity contribution in [2.45, 2.75) is 4.34 Å². The number of benzene rings is 1. The van der Waals surface area contributed by atoms with Gasteiger partial charge in [0.1, 0.15) is 0 Å². The highest BCUT2D eigenvalue weighted by molar-refractivity contribution is 14.1. The highest BCUT2D eigenvalue weighted by Crippen LogP contribution is 2.20. The van der Waals surface area contributed by atoms with Crippen molar-refractivity contribution in [3.05, 3.63) is 33.4 Å². The van der Waals surface area contributed by atoms with Gasteiger partial charge in [-0.2, -0.15) is 0 Å². The summed E-state index contributed by atoms with van der Waals surface area (Å²) in [4.78, 5) is 14.9. The van der Waals surface area contributed by atoms with Crippen LogP contribution in [0.5, 0.6) is 0 Å². The zero-order valence-corrected chi connectivity index (χ0v) is 13.8. The Bertz CT molecular complexity index is 839. The van der Waals surface area contributed by atoms with E-state index in [1.807, 2.05) is 0 Å². The van der Waals surface area contributed by atoms with Crippen molar-refractivity contribution in [1.82, 2.24) is 15.1 Å². The Morgan fingerprint density at radius 2 is 1.95 bits per heavy atom. The SMILES string of the molecule is NS(=O)(=O)c1nnc(N=[N+]=NC(=O)c2ccc(I)cc2)s1. The van der Waals surface area contributed by atoms with Crippen molar-refractivity contribution in [1.29, 1.82) is 0 Å². The Hall–Kier alpha value is -1.60. The molecule has 1 aromatic heterocycles. The van der Waals surface area contributed by atoms with Gasteiger partial charge in [0.15, 0.2) is 5.11 Å². The number of nitrogens with two attached hydrogens (primary N) is 1. The Kier molecular flexibility index (Phi) is 4.84. The summed E-state index contributed by atoms with van der Waals surface area (Å²) in [6, 6.07) is 6.72. The number of rotatable bonds is 3. The third kappa shape index (κ3) is 4.44. The fraction of sp³-hybridized carbons (Fsp3) is 0. The molecule has 0 unspecified atom stereocenters. The summed E-state index contributed by atoms with van der Waals surface area (Å²) in [5.41, 5.74) is 0.358. The average molecular weight is 437 g/mol. The van der Waals surface area contributed by atoms with Gasteiger partial charge in [-0.1, -0.05) is 11.3 Å². The van der Waals surface area contributed by atoms with Gasteiger partial charge in [0.05, 0.1) is 0 Å². The maximum atomic E-state index is 11.6. The monoisotopic (exact) mass is 437 g/mol. The molecule has 1 amide bonds. The van der Waals surface area contributed by atoms with Crippen molar-refractivity contribution in [2.75, 3.05) is 0 Å². The minimum atomic E-state index is -3.93. The summed E-state index contributed by atoms with van der Waals surface area (Å²) >= 11 is 2.73. The molecule has 0 spiro atoms. The zero-order chi connectivity index (χ0) is 15.5. The molecule has 1 aromatic carbocycles. The lowest BCUT2D eigenvalue weighted by Gasteiger charge is -1.89. The number of halogens is 1. The van der Waals surface area contributed by atoms with Gasteiger partial charge in [0, 0.05) is 9.13 Å². The molecule has 0 radical (unpaired) electrons. The molecule has 0 aliphatic carbocycles. The van der Waals surface area contributed by atoms with Gasteiger partial charge >= 0.3 is 11.0 Å². The molecule has 0 aliphatic heterocycles. The van der Waals surface area contributed by atoms with Crippen LogP contribution in [0.1, 0.15) is 10.4 Å². The lowest BCUT2D eigenvalue weighted by molar-refractivity contribution is 0.0992. The number of amides is 1. The standard InChI is InChI=1S/C9H6IN6O3S2/c10-6-3-1-5(2-4-6)7(17)12-16-14-8-13-15-9(20-8)21(11,18)19/h1-4H,(H2,11,18,19)/q+1. The summed E-state index contributed by atoms with van der Waals surface area (Å²) in [6.07, 6.45) is 0. The first-order valence-corrected chi connectivity index (χ1v) is 8.58. The van der Waals surface area contributed by atoms with E-state index >= 15 is 0 Å². The van der Waals surface area contributed by atoms with E-state index in [-0.39, 0.29) is 9.47 Å². The third-order valence-corrected chi connectivity index (χ3v) is 4.83. The second-order valence-corrected chi connectivity index (χ2v) is 7.43. The van der Waals surface area contributed by atoms with Gasteiger partial charge in [0.25, 0.3) is 10.0 Å². The highest BCUT2D eigenvalue weighted by atomic mass is 127. The molecule has 0 fully saturated rings. The van der Waals surface area contributed by atoms with Crippen LogP contribution in [0, 0.1) is 3.57 Å². The Morgan fingerprint density at radius 3 is 2.52 bits per heavy atom. The number of nitrogens with zero attached hydrogens (tertiary/aromatic N) is 5. The third-order valence-electron chi connectivity index (χ3n) is 2.00. The fourth-order valence-corrected chi connectivity index (χ4v) is 2.71. The van der Waals surface area contributed by atoms with Gasteiger partial charge < -0.3 is 0 Å². The summed E-state index contributed by atoms with van der Waals surface area (Å²) < 4.78 is 22.5. The topological polar surface area (TPSA) is 142 Å². The molecule has 21 heavy (non-hydrogen) atoms. The first kappa shape index (κ1) is 15.8. The number of aromatic nitrogens is 2. The average Bonchev–Trinajstić information content (AvgIpc) is 2.88. The van der Waals surface area contributed by atoms with Crippen LogP contribution in [0.2, 0.25) is 0 Å². The van der Waals surface area contributed by atoms with Crippen molar-refractivity contribution in [2.24, 2.45) is 15.4 Å². The molecular weight excluding hydrogens is 431 g/mol. The number of sulfonamides is 1. The van der Waals surface area contributed by atoms with Crippen LogP contribution in [0.4, 0.5) is 5.13 Å². The molecule has 0 atom stereocenters. The summed E-state index contributed by atoms with van der Waals surface area (Å²) in [6.45, 7) is 0. The van der Waals surface area contributed by atoms with E-state index in [1.54, 1.807) is 24.3 Å². The van der Waals surface area contributed by atoms with Gasteiger partial charge in [-0.3, -0.25) is 4.79 Å². The summed E-state index contributed by atoms with van der Waals surface area (Å²) in [5, 5.41) is 18.4. The molecule has 9 nitrogen and oxygen atoms in total. The zero-order valence-electron chi connectivity index (χ0n) is 10.0. The van der Waals surface area contributed by atoms with E-state index in [0.29, 0.717) is 16.9 Å². The van der Waals surface area contributed by atoms with E-state index in [9.17, 15) is 13.2 Å².